The number of rotatable bonds is 4. The van der Waals surface area contributed by atoms with Gasteiger partial charge in [0.2, 0.25) is 0 Å². The maximum Gasteiger partial charge on any atom is 0.164 e. The number of para-hydroxylation sites is 2. The van der Waals surface area contributed by atoms with Gasteiger partial charge in [-0.15, -0.1) is 0 Å². The molecule has 10 rings (SSSR count). The van der Waals surface area contributed by atoms with E-state index in [0.29, 0.717) is 17.5 Å². The van der Waals surface area contributed by atoms with E-state index >= 15 is 0 Å². The molecule has 0 aliphatic heterocycles. The molecule has 0 saturated carbocycles. The smallest absolute Gasteiger partial charge is 0.164 e. The average molecular weight is 625 g/mol. The zero-order chi connectivity index (χ0) is 32.3. The lowest BCUT2D eigenvalue weighted by Gasteiger charge is -2.12. The van der Waals surface area contributed by atoms with Gasteiger partial charge >= 0.3 is 0 Å². The molecule has 0 N–H and O–H groups in total. The Balaban J connectivity index is 1.12. The van der Waals surface area contributed by atoms with Crippen molar-refractivity contribution in [2.75, 3.05) is 0 Å². The number of nitrogens with zero attached hydrogens (tertiary/aromatic N) is 4. The Labute approximate surface area is 282 Å². The second-order valence-electron chi connectivity index (χ2n) is 12.5. The lowest BCUT2D eigenvalue weighted by Crippen LogP contribution is -2.00. The summed E-state index contributed by atoms with van der Waals surface area (Å²) in [6.45, 7) is 0. The first kappa shape index (κ1) is 27.5. The summed E-state index contributed by atoms with van der Waals surface area (Å²) in [7, 11) is 0. The van der Waals surface area contributed by atoms with Crippen LogP contribution in [-0.4, -0.2) is 19.5 Å². The third-order valence-electron chi connectivity index (χ3n) is 9.57. The van der Waals surface area contributed by atoms with Crippen LogP contribution in [0.4, 0.5) is 0 Å². The molecule has 49 heavy (non-hydrogen) atoms. The number of hydrogen-bond acceptors (Lipinski definition) is 3. The van der Waals surface area contributed by atoms with Crippen molar-refractivity contribution in [3.05, 3.63) is 170 Å². The molecular formula is C45H28N4. The summed E-state index contributed by atoms with van der Waals surface area (Å²) in [5.74, 6) is 1.95. The standard InChI is InChI=1S/C45H28N4/c1-3-11-31-25-35(20-17-29(31)9-1)43-46-44(36-21-18-30-10-2-4-12-32(30)26-36)48-45(47-43)37-22-19-34-28-38(24-23-33(34)27-37)49-41-15-7-5-13-39(41)40-14-6-8-16-42(40)49/h1-28H. The molecule has 0 unspecified atom stereocenters. The largest absolute Gasteiger partial charge is 0.309 e. The van der Waals surface area contributed by atoms with Crippen LogP contribution in [0.1, 0.15) is 0 Å². The summed E-state index contributed by atoms with van der Waals surface area (Å²) in [5, 5.41) is 9.47. The number of fused-ring (bicyclic) bond motifs is 6. The molecule has 0 radical (unpaired) electrons. The van der Waals surface area contributed by atoms with Crippen molar-refractivity contribution in [1.29, 1.82) is 0 Å². The number of benzene rings is 8. The van der Waals surface area contributed by atoms with E-state index in [0.717, 1.165) is 43.9 Å². The highest BCUT2D eigenvalue weighted by molar-refractivity contribution is 6.09. The van der Waals surface area contributed by atoms with Crippen LogP contribution in [0, 0.1) is 0 Å². The summed E-state index contributed by atoms with van der Waals surface area (Å²) in [4.78, 5) is 15.2. The van der Waals surface area contributed by atoms with Gasteiger partial charge in [0.1, 0.15) is 0 Å². The van der Waals surface area contributed by atoms with Crippen molar-refractivity contribution in [2.24, 2.45) is 0 Å². The lowest BCUT2D eigenvalue weighted by atomic mass is 10.0. The fourth-order valence-corrected chi connectivity index (χ4v) is 7.13. The molecular weight excluding hydrogens is 597 g/mol. The van der Waals surface area contributed by atoms with Crippen LogP contribution in [-0.2, 0) is 0 Å². The van der Waals surface area contributed by atoms with Crippen molar-refractivity contribution < 1.29 is 0 Å². The zero-order valence-electron chi connectivity index (χ0n) is 26.5. The predicted octanol–water partition coefficient (Wildman–Crippen LogP) is 11.4. The first-order chi connectivity index (χ1) is 24.2. The van der Waals surface area contributed by atoms with Crippen LogP contribution >= 0.6 is 0 Å². The molecule has 0 atom stereocenters. The minimum absolute atomic E-state index is 0.648. The van der Waals surface area contributed by atoms with Crippen LogP contribution in [0.3, 0.4) is 0 Å². The Morgan fingerprint density at radius 2 is 0.673 bits per heavy atom. The van der Waals surface area contributed by atoms with Gasteiger partial charge in [-0.05, 0) is 74.8 Å². The third-order valence-corrected chi connectivity index (χ3v) is 9.57. The fourth-order valence-electron chi connectivity index (χ4n) is 7.13. The van der Waals surface area contributed by atoms with Gasteiger partial charge in [0.15, 0.2) is 17.5 Å². The Hall–Kier alpha value is -6.65. The highest BCUT2D eigenvalue weighted by Crippen LogP contribution is 2.34. The van der Waals surface area contributed by atoms with Crippen molar-refractivity contribution >= 4 is 54.1 Å². The van der Waals surface area contributed by atoms with E-state index in [1.807, 2.05) is 0 Å². The van der Waals surface area contributed by atoms with E-state index < -0.39 is 0 Å². The molecule has 0 aliphatic carbocycles. The van der Waals surface area contributed by atoms with Crippen LogP contribution in [0.15, 0.2) is 170 Å². The molecule has 0 bridgehead atoms. The number of hydrogen-bond donors (Lipinski definition) is 0. The molecule has 0 spiro atoms. The normalized spacial score (nSPS) is 11.7. The average Bonchev–Trinajstić information content (AvgIpc) is 3.51. The van der Waals surface area contributed by atoms with E-state index in [4.69, 9.17) is 15.0 Å². The summed E-state index contributed by atoms with van der Waals surface area (Å²) >= 11 is 0. The molecule has 8 aromatic carbocycles. The van der Waals surface area contributed by atoms with Gasteiger partial charge < -0.3 is 4.57 Å². The maximum absolute atomic E-state index is 5.08. The minimum atomic E-state index is 0.648. The Kier molecular flexibility index (Phi) is 6.15. The highest BCUT2D eigenvalue weighted by Gasteiger charge is 2.15. The van der Waals surface area contributed by atoms with E-state index in [1.54, 1.807) is 0 Å². The van der Waals surface area contributed by atoms with Gasteiger partial charge in [-0.3, -0.25) is 0 Å². The monoisotopic (exact) mass is 624 g/mol. The van der Waals surface area contributed by atoms with Gasteiger partial charge in [-0.1, -0.05) is 127 Å². The number of aromatic nitrogens is 4. The van der Waals surface area contributed by atoms with E-state index in [9.17, 15) is 0 Å². The van der Waals surface area contributed by atoms with E-state index in [1.165, 1.54) is 32.6 Å². The second-order valence-corrected chi connectivity index (χ2v) is 12.5. The quantitative estimate of drug-likeness (QED) is 0.196. The predicted molar refractivity (Wildman–Crippen MR) is 203 cm³/mol. The summed E-state index contributed by atoms with van der Waals surface area (Å²) < 4.78 is 2.36. The first-order valence-electron chi connectivity index (χ1n) is 16.5. The molecule has 4 heteroatoms. The first-order valence-corrected chi connectivity index (χ1v) is 16.5. The topological polar surface area (TPSA) is 43.6 Å². The molecule has 0 amide bonds. The van der Waals surface area contributed by atoms with Crippen molar-refractivity contribution in [1.82, 2.24) is 19.5 Å². The van der Waals surface area contributed by atoms with Crippen LogP contribution in [0.5, 0.6) is 0 Å². The Morgan fingerprint density at radius 3 is 1.18 bits per heavy atom. The van der Waals surface area contributed by atoms with Crippen molar-refractivity contribution in [3.63, 3.8) is 0 Å². The summed E-state index contributed by atoms with van der Waals surface area (Å²) in [5.41, 5.74) is 6.40. The van der Waals surface area contributed by atoms with Gasteiger partial charge in [-0.2, -0.15) is 0 Å². The molecule has 2 aromatic heterocycles. The SMILES string of the molecule is c1ccc2cc(-c3nc(-c4ccc5ccccc5c4)nc(-c4ccc5cc(-n6c7ccccc7c7ccccc76)ccc5c4)n3)ccc2c1. The fraction of sp³-hybridized carbons (Fsp3) is 0. The van der Waals surface area contributed by atoms with Gasteiger partial charge in [0.05, 0.1) is 11.0 Å². The molecule has 228 valence electrons. The molecule has 0 fully saturated rings. The molecule has 4 nitrogen and oxygen atoms in total. The Bertz CT molecular complexity index is 2750. The van der Waals surface area contributed by atoms with E-state index in [-0.39, 0.29) is 0 Å². The summed E-state index contributed by atoms with van der Waals surface area (Å²) in [6, 6.07) is 60.0. The van der Waals surface area contributed by atoms with Crippen LogP contribution in [0.2, 0.25) is 0 Å². The zero-order valence-corrected chi connectivity index (χ0v) is 26.5. The Morgan fingerprint density at radius 1 is 0.306 bits per heavy atom. The van der Waals surface area contributed by atoms with Crippen molar-refractivity contribution in [2.45, 2.75) is 0 Å². The van der Waals surface area contributed by atoms with Gasteiger partial charge in [-0.25, -0.2) is 15.0 Å². The van der Waals surface area contributed by atoms with E-state index in [2.05, 4.69) is 174 Å². The van der Waals surface area contributed by atoms with Crippen LogP contribution in [0.25, 0.3) is 94.0 Å². The summed E-state index contributed by atoms with van der Waals surface area (Å²) in [6.07, 6.45) is 0. The van der Waals surface area contributed by atoms with Crippen molar-refractivity contribution in [3.8, 4) is 39.9 Å². The molecule has 0 saturated heterocycles. The maximum atomic E-state index is 5.08. The van der Waals surface area contributed by atoms with Gasteiger partial charge in [0.25, 0.3) is 0 Å². The molecule has 2 heterocycles. The molecule has 0 aliphatic rings. The molecule has 10 aromatic rings. The van der Waals surface area contributed by atoms with Crippen LogP contribution < -0.4 is 0 Å². The minimum Gasteiger partial charge on any atom is -0.309 e. The lowest BCUT2D eigenvalue weighted by molar-refractivity contribution is 1.08. The highest BCUT2D eigenvalue weighted by atomic mass is 15.0. The third kappa shape index (κ3) is 4.65. The van der Waals surface area contributed by atoms with Gasteiger partial charge in [0, 0.05) is 33.2 Å². The second kappa shape index (κ2) is 11.0.